The van der Waals surface area contributed by atoms with Crippen LogP contribution in [0.3, 0.4) is 0 Å². The van der Waals surface area contributed by atoms with E-state index in [-0.39, 0.29) is 42.5 Å². The summed E-state index contributed by atoms with van der Waals surface area (Å²) in [6, 6.07) is 3.38. The zero-order valence-electron chi connectivity index (χ0n) is 15.0. The molecule has 1 heterocycles. The fraction of sp³-hybridized carbons (Fsp3) is 0.526. The quantitative estimate of drug-likeness (QED) is 0.798. The normalized spacial score (nSPS) is 22.3. The van der Waals surface area contributed by atoms with Gasteiger partial charge in [-0.2, -0.15) is 0 Å². The van der Waals surface area contributed by atoms with Crippen LogP contribution >= 0.6 is 11.6 Å². The SMILES string of the molecule is COc1cc(Cl)c(C)cc1NC(=O)CCN1C(=O)[C@@H]2CCCC[C@H]2C1=O. The number of rotatable bonds is 5. The highest BCUT2D eigenvalue weighted by atomic mass is 35.5. The van der Waals surface area contributed by atoms with E-state index in [4.69, 9.17) is 16.3 Å². The maximum absolute atomic E-state index is 12.4. The number of carbonyl (C=O) groups excluding carboxylic acids is 3. The van der Waals surface area contributed by atoms with Crippen molar-refractivity contribution in [1.82, 2.24) is 4.90 Å². The Kier molecular flexibility index (Phi) is 5.51. The second-order valence-corrected chi connectivity index (χ2v) is 7.33. The minimum Gasteiger partial charge on any atom is -0.495 e. The van der Waals surface area contributed by atoms with E-state index in [1.807, 2.05) is 6.92 Å². The van der Waals surface area contributed by atoms with Crippen molar-refractivity contribution in [3.05, 3.63) is 22.7 Å². The van der Waals surface area contributed by atoms with Gasteiger partial charge in [-0.15, -0.1) is 0 Å². The smallest absolute Gasteiger partial charge is 0.233 e. The van der Waals surface area contributed by atoms with E-state index in [0.717, 1.165) is 31.2 Å². The fourth-order valence-electron chi connectivity index (χ4n) is 3.81. The monoisotopic (exact) mass is 378 g/mol. The molecule has 3 amide bonds. The van der Waals surface area contributed by atoms with E-state index >= 15 is 0 Å². The third-order valence-electron chi connectivity index (χ3n) is 5.25. The molecule has 140 valence electrons. The Bertz CT molecular complexity index is 725. The van der Waals surface area contributed by atoms with Gasteiger partial charge in [0, 0.05) is 24.1 Å². The number of amides is 3. The Morgan fingerprint density at radius 1 is 1.23 bits per heavy atom. The summed E-state index contributed by atoms with van der Waals surface area (Å²) in [5, 5.41) is 3.33. The van der Waals surface area contributed by atoms with Crippen LogP contribution in [0.25, 0.3) is 0 Å². The first-order valence-electron chi connectivity index (χ1n) is 8.91. The van der Waals surface area contributed by atoms with Gasteiger partial charge in [0.15, 0.2) is 0 Å². The van der Waals surface area contributed by atoms with Gasteiger partial charge >= 0.3 is 0 Å². The standard InChI is InChI=1S/C19H23ClN2O4/c1-11-9-15(16(26-2)10-14(11)20)21-17(23)7-8-22-18(24)12-5-3-4-6-13(12)19(22)25/h9-10,12-13H,3-8H2,1-2H3,(H,21,23)/t12-,13-/m1/s1. The molecule has 0 aromatic heterocycles. The van der Waals surface area contributed by atoms with E-state index in [0.29, 0.717) is 16.5 Å². The highest BCUT2D eigenvalue weighted by Gasteiger charge is 2.47. The summed E-state index contributed by atoms with van der Waals surface area (Å²) in [4.78, 5) is 38.5. The Morgan fingerprint density at radius 3 is 2.42 bits per heavy atom. The molecule has 3 rings (SSSR count). The molecular formula is C19H23ClN2O4. The van der Waals surface area contributed by atoms with Crippen molar-refractivity contribution in [1.29, 1.82) is 0 Å². The molecule has 26 heavy (non-hydrogen) atoms. The summed E-state index contributed by atoms with van der Waals surface area (Å²) in [6.45, 7) is 1.95. The van der Waals surface area contributed by atoms with E-state index < -0.39 is 0 Å². The van der Waals surface area contributed by atoms with Gasteiger partial charge in [0.1, 0.15) is 5.75 Å². The largest absolute Gasteiger partial charge is 0.495 e. The molecule has 1 aromatic rings. The molecule has 1 aliphatic carbocycles. The molecule has 7 heteroatoms. The van der Waals surface area contributed by atoms with Crippen molar-refractivity contribution < 1.29 is 19.1 Å². The summed E-state index contributed by atoms with van der Waals surface area (Å²) < 4.78 is 5.24. The zero-order chi connectivity index (χ0) is 18.8. The summed E-state index contributed by atoms with van der Waals surface area (Å²) in [6.07, 6.45) is 3.59. The second kappa shape index (κ2) is 7.66. The molecule has 2 atom stereocenters. The lowest BCUT2D eigenvalue weighted by molar-refractivity contribution is -0.140. The van der Waals surface area contributed by atoms with Gasteiger partial charge < -0.3 is 10.1 Å². The number of hydrogen-bond donors (Lipinski definition) is 1. The van der Waals surface area contributed by atoms with Gasteiger partial charge in [-0.3, -0.25) is 19.3 Å². The molecule has 6 nitrogen and oxygen atoms in total. The number of hydrogen-bond acceptors (Lipinski definition) is 4. The molecule has 0 bridgehead atoms. The third kappa shape index (κ3) is 3.56. The lowest BCUT2D eigenvalue weighted by Gasteiger charge is -2.19. The number of halogens is 1. The van der Waals surface area contributed by atoms with Crippen molar-refractivity contribution in [3.8, 4) is 5.75 Å². The minimum absolute atomic E-state index is 0.0573. The Morgan fingerprint density at radius 2 is 1.85 bits per heavy atom. The maximum Gasteiger partial charge on any atom is 0.233 e. The van der Waals surface area contributed by atoms with Gasteiger partial charge in [0.05, 0.1) is 24.6 Å². The van der Waals surface area contributed by atoms with Gasteiger partial charge in [0.2, 0.25) is 17.7 Å². The third-order valence-corrected chi connectivity index (χ3v) is 5.66. The van der Waals surface area contributed by atoms with Crippen molar-refractivity contribution in [3.63, 3.8) is 0 Å². The summed E-state index contributed by atoms with van der Waals surface area (Å²) in [7, 11) is 1.50. The molecule has 1 saturated carbocycles. The molecule has 1 N–H and O–H groups in total. The molecule has 2 fully saturated rings. The molecule has 0 radical (unpaired) electrons. The first-order chi connectivity index (χ1) is 12.4. The Labute approximate surface area is 157 Å². The number of aryl methyl sites for hydroxylation is 1. The fourth-order valence-corrected chi connectivity index (χ4v) is 3.96. The highest BCUT2D eigenvalue weighted by molar-refractivity contribution is 6.31. The number of imide groups is 1. The Balaban J connectivity index is 1.62. The highest BCUT2D eigenvalue weighted by Crippen LogP contribution is 2.38. The molecule has 0 spiro atoms. The predicted molar refractivity (Wildman–Crippen MR) is 98.2 cm³/mol. The van der Waals surface area contributed by atoms with Crippen molar-refractivity contribution in [2.24, 2.45) is 11.8 Å². The van der Waals surface area contributed by atoms with Crippen LogP contribution in [0.15, 0.2) is 12.1 Å². The molecule has 1 aliphatic heterocycles. The van der Waals surface area contributed by atoms with Gasteiger partial charge in [-0.25, -0.2) is 0 Å². The summed E-state index contributed by atoms with van der Waals surface area (Å²) in [5.74, 6) is -0.412. The molecule has 0 unspecified atom stereocenters. The number of likely N-dealkylation sites (tertiary alicyclic amines) is 1. The average molecular weight is 379 g/mol. The minimum atomic E-state index is -0.277. The number of carbonyl (C=O) groups is 3. The second-order valence-electron chi connectivity index (χ2n) is 6.93. The average Bonchev–Trinajstić information content (AvgIpc) is 2.87. The topological polar surface area (TPSA) is 75.7 Å². The van der Waals surface area contributed by atoms with Gasteiger partial charge in [-0.1, -0.05) is 24.4 Å². The molecule has 1 saturated heterocycles. The Hall–Kier alpha value is -2.08. The van der Waals surface area contributed by atoms with E-state index in [1.165, 1.54) is 12.0 Å². The van der Waals surface area contributed by atoms with Crippen LogP contribution in [0.4, 0.5) is 5.69 Å². The van der Waals surface area contributed by atoms with Gasteiger partial charge in [0.25, 0.3) is 0 Å². The first-order valence-corrected chi connectivity index (χ1v) is 9.29. The molecule has 2 aliphatic rings. The van der Waals surface area contributed by atoms with Crippen LogP contribution in [0.2, 0.25) is 5.02 Å². The van der Waals surface area contributed by atoms with Crippen LogP contribution in [0.1, 0.15) is 37.7 Å². The molecule has 1 aromatic carbocycles. The number of fused-ring (bicyclic) bond motifs is 1. The van der Waals surface area contributed by atoms with Crippen molar-refractivity contribution in [2.75, 3.05) is 19.0 Å². The predicted octanol–water partition coefficient (Wildman–Crippen LogP) is 3.16. The van der Waals surface area contributed by atoms with Crippen molar-refractivity contribution in [2.45, 2.75) is 39.0 Å². The maximum atomic E-state index is 12.4. The van der Waals surface area contributed by atoms with E-state index in [1.54, 1.807) is 12.1 Å². The van der Waals surface area contributed by atoms with E-state index in [2.05, 4.69) is 5.32 Å². The lowest BCUT2D eigenvalue weighted by Crippen LogP contribution is -2.34. The van der Waals surface area contributed by atoms with Crippen LogP contribution in [0, 0.1) is 18.8 Å². The van der Waals surface area contributed by atoms with E-state index in [9.17, 15) is 14.4 Å². The number of anilines is 1. The van der Waals surface area contributed by atoms with Crippen LogP contribution in [0.5, 0.6) is 5.75 Å². The van der Waals surface area contributed by atoms with Crippen LogP contribution in [-0.4, -0.2) is 36.3 Å². The summed E-state index contributed by atoms with van der Waals surface area (Å²) in [5.41, 5.74) is 1.34. The zero-order valence-corrected chi connectivity index (χ0v) is 15.8. The number of nitrogens with zero attached hydrogens (tertiary/aromatic N) is 1. The lowest BCUT2D eigenvalue weighted by atomic mass is 9.81. The van der Waals surface area contributed by atoms with Crippen molar-refractivity contribution >= 4 is 35.0 Å². The number of nitrogens with one attached hydrogen (secondary N) is 1. The number of ether oxygens (including phenoxy) is 1. The number of benzene rings is 1. The molecular weight excluding hydrogens is 356 g/mol. The van der Waals surface area contributed by atoms with Crippen LogP contribution in [-0.2, 0) is 14.4 Å². The first kappa shape index (κ1) is 18.7. The number of methoxy groups -OCH3 is 1. The van der Waals surface area contributed by atoms with Gasteiger partial charge in [-0.05, 0) is 31.4 Å². The summed E-state index contributed by atoms with van der Waals surface area (Å²) >= 11 is 6.07. The van der Waals surface area contributed by atoms with Crippen LogP contribution < -0.4 is 10.1 Å².